The Balaban J connectivity index is 1.84. The van der Waals surface area contributed by atoms with Gasteiger partial charge in [0.2, 0.25) is 0 Å². The van der Waals surface area contributed by atoms with E-state index in [2.05, 4.69) is 16.8 Å². The monoisotopic (exact) mass is 491 g/mol. The normalized spacial score (nSPS) is 15.4. The van der Waals surface area contributed by atoms with Crippen LogP contribution in [0, 0.1) is 5.92 Å². The number of halogens is 1. The Morgan fingerprint density at radius 1 is 1.17 bits per heavy atom. The molecule has 1 aliphatic rings. The third-order valence-electron chi connectivity index (χ3n) is 6.48. The third-order valence-corrected chi connectivity index (χ3v) is 6.67. The average Bonchev–Trinajstić information content (AvgIpc) is 3.21. The van der Waals surface area contributed by atoms with Crippen LogP contribution in [0.15, 0.2) is 60.0 Å². The number of hydrogen-bond acceptors (Lipinski definition) is 4. The standard InChI is InChI=1S/C28H30ClN3O3/c1-31(2)16-23(12-24(29)18-33)22-13-26-27(30-14-22)25(20-8-10-21(11-9-20)28(34)35)17-32(26)15-19-6-4-3-5-7-19/h8-14,16-19H,3-7,15H2,1-2H3,(H,34,35)/b23-16+,24-12+. The van der Waals surface area contributed by atoms with Crippen molar-refractivity contribution in [3.05, 3.63) is 71.2 Å². The molecule has 0 atom stereocenters. The summed E-state index contributed by atoms with van der Waals surface area (Å²) in [4.78, 5) is 29.2. The zero-order valence-electron chi connectivity index (χ0n) is 20.1. The smallest absolute Gasteiger partial charge is 0.335 e. The molecule has 4 rings (SSSR count). The fraction of sp³-hybridized carbons (Fsp3) is 0.321. The molecule has 35 heavy (non-hydrogen) atoms. The van der Waals surface area contributed by atoms with Gasteiger partial charge < -0.3 is 14.6 Å². The number of carbonyl (C=O) groups is 2. The Bertz CT molecular complexity index is 1280. The molecule has 0 spiro atoms. The Kier molecular flexibility index (Phi) is 7.71. The van der Waals surface area contributed by atoms with Crippen LogP contribution in [-0.4, -0.2) is 45.9 Å². The number of aldehydes is 1. The van der Waals surface area contributed by atoms with Gasteiger partial charge >= 0.3 is 5.97 Å². The highest BCUT2D eigenvalue weighted by Crippen LogP contribution is 2.34. The van der Waals surface area contributed by atoms with Crippen molar-refractivity contribution < 1.29 is 14.7 Å². The minimum absolute atomic E-state index is 0.120. The highest BCUT2D eigenvalue weighted by atomic mass is 35.5. The number of aromatic carboxylic acids is 1. The molecule has 0 saturated heterocycles. The summed E-state index contributed by atoms with van der Waals surface area (Å²) in [5.41, 5.74) is 5.68. The molecule has 1 fully saturated rings. The number of rotatable bonds is 8. The first-order valence-corrected chi connectivity index (χ1v) is 12.3. The fourth-order valence-corrected chi connectivity index (χ4v) is 4.90. The van der Waals surface area contributed by atoms with Gasteiger partial charge in [-0.25, -0.2) is 4.79 Å². The lowest BCUT2D eigenvalue weighted by Crippen LogP contribution is -2.13. The molecule has 0 bridgehead atoms. The lowest BCUT2D eigenvalue weighted by Gasteiger charge is -2.22. The summed E-state index contributed by atoms with van der Waals surface area (Å²) in [5.74, 6) is -0.326. The van der Waals surface area contributed by atoms with Gasteiger partial charge in [0, 0.05) is 55.9 Å². The average molecular weight is 492 g/mol. The Labute approximate surface area is 210 Å². The van der Waals surface area contributed by atoms with E-state index in [-0.39, 0.29) is 10.6 Å². The van der Waals surface area contributed by atoms with Gasteiger partial charge in [0.05, 0.1) is 21.6 Å². The van der Waals surface area contributed by atoms with Gasteiger partial charge in [0.15, 0.2) is 6.29 Å². The van der Waals surface area contributed by atoms with Crippen LogP contribution in [0.1, 0.15) is 48.0 Å². The summed E-state index contributed by atoms with van der Waals surface area (Å²) in [6, 6.07) is 9.02. The number of carboxylic acids is 1. The molecule has 6 nitrogen and oxygen atoms in total. The topological polar surface area (TPSA) is 75.4 Å². The van der Waals surface area contributed by atoms with Crippen molar-refractivity contribution >= 4 is 40.5 Å². The first-order chi connectivity index (χ1) is 16.9. The van der Waals surface area contributed by atoms with E-state index in [1.165, 1.54) is 32.1 Å². The zero-order chi connectivity index (χ0) is 24.9. The molecule has 7 heteroatoms. The van der Waals surface area contributed by atoms with Crippen molar-refractivity contribution in [3.63, 3.8) is 0 Å². The van der Waals surface area contributed by atoms with E-state index in [0.29, 0.717) is 12.2 Å². The van der Waals surface area contributed by atoms with Crippen LogP contribution in [0.2, 0.25) is 0 Å². The van der Waals surface area contributed by atoms with E-state index in [0.717, 1.165) is 39.8 Å². The van der Waals surface area contributed by atoms with Crippen molar-refractivity contribution in [2.24, 2.45) is 5.92 Å². The number of hydrogen-bond donors (Lipinski definition) is 1. The third kappa shape index (κ3) is 5.82. The molecule has 0 radical (unpaired) electrons. The second kappa shape index (κ2) is 10.9. The second-order valence-electron chi connectivity index (χ2n) is 9.37. The molecule has 3 aromatic rings. The van der Waals surface area contributed by atoms with Crippen molar-refractivity contribution in [2.45, 2.75) is 38.6 Å². The van der Waals surface area contributed by atoms with Crippen LogP contribution in [0.3, 0.4) is 0 Å². The SMILES string of the molecule is CN(C)/C=C(\C=C(\Cl)C=O)c1cnc2c(-c3ccc(C(=O)O)cc3)cn(CC3CCCCC3)c2c1. The maximum Gasteiger partial charge on any atom is 0.335 e. The first-order valence-electron chi connectivity index (χ1n) is 11.9. The van der Waals surface area contributed by atoms with E-state index in [1.54, 1.807) is 24.4 Å². The van der Waals surface area contributed by atoms with Crippen LogP contribution in [0.4, 0.5) is 0 Å². The van der Waals surface area contributed by atoms with Gasteiger partial charge in [-0.05, 0) is 48.6 Å². The highest BCUT2D eigenvalue weighted by Gasteiger charge is 2.19. The van der Waals surface area contributed by atoms with Gasteiger partial charge in [0.1, 0.15) is 0 Å². The highest BCUT2D eigenvalue weighted by molar-refractivity contribution is 6.39. The van der Waals surface area contributed by atoms with Crippen LogP contribution in [0.25, 0.3) is 27.7 Å². The second-order valence-corrected chi connectivity index (χ2v) is 9.80. The molecule has 1 aromatic carbocycles. The molecular weight excluding hydrogens is 462 g/mol. The van der Waals surface area contributed by atoms with Gasteiger partial charge in [-0.15, -0.1) is 0 Å². The Hall–Kier alpha value is -3.38. The molecule has 1 N–H and O–H groups in total. The molecule has 1 saturated carbocycles. The fourth-order valence-electron chi connectivity index (χ4n) is 4.78. The lowest BCUT2D eigenvalue weighted by molar-refractivity contribution is -0.104. The summed E-state index contributed by atoms with van der Waals surface area (Å²) < 4.78 is 2.28. The Morgan fingerprint density at radius 2 is 1.89 bits per heavy atom. The van der Waals surface area contributed by atoms with E-state index in [1.807, 2.05) is 37.3 Å². The number of benzene rings is 1. The summed E-state index contributed by atoms with van der Waals surface area (Å²) in [7, 11) is 3.83. The number of carbonyl (C=O) groups excluding carboxylic acids is 1. The molecule has 2 heterocycles. The van der Waals surface area contributed by atoms with Gasteiger partial charge in [-0.1, -0.05) is 43.0 Å². The predicted octanol–water partition coefficient (Wildman–Crippen LogP) is 6.21. The van der Waals surface area contributed by atoms with Crippen LogP contribution in [-0.2, 0) is 11.3 Å². The van der Waals surface area contributed by atoms with Crippen molar-refractivity contribution in [1.29, 1.82) is 0 Å². The zero-order valence-corrected chi connectivity index (χ0v) is 20.8. The first kappa shape index (κ1) is 24.7. The van der Waals surface area contributed by atoms with Gasteiger partial charge in [-0.2, -0.15) is 0 Å². The summed E-state index contributed by atoms with van der Waals surface area (Å²) in [5, 5.41) is 9.39. The van der Waals surface area contributed by atoms with Gasteiger partial charge in [0.25, 0.3) is 0 Å². The molecule has 1 aliphatic carbocycles. The molecule has 0 aliphatic heterocycles. The van der Waals surface area contributed by atoms with Crippen molar-refractivity contribution in [1.82, 2.24) is 14.5 Å². The van der Waals surface area contributed by atoms with E-state index < -0.39 is 5.97 Å². The van der Waals surface area contributed by atoms with Crippen LogP contribution < -0.4 is 0 Å². The van der Waals surface area contributed by atoms with E-state index in [9.17, 15) is 14.7 Å². The number of carboxylic acid groups (broad SMARTS) is 1. The quantitative estimate of drug-likeness (QED) is 0.230. The number of fused-ring (bicyclic) bond motifs is 1. The van der Waals surface area contributed by atoms with Crippen LogP contribution in [0.5, 0.6) is 0 Å². The number of aromatic nitrogens is 2. The largest absolute Gasteiger partial charge is 0.478 e. The lowest BCUT2D eigenvalue weighted by atomic mass is 9.89. The van der Waals surface area contributed by atoms with Crippen LogP contribution >= 0.6 is 11.6 Å². The maximum absolute atomic E-state index is 11.3. The van der Waals surface area contributed by atoms with E-state index in [4.69, 9.17) is 16.6 Å². The van der Waals surface area contributed by atoms with Crippen molar-refractivity contribution in [3.8, 4) is 11.1 Å². The molecule has 0 unspecified atom stereocenters. The molecule has 0 amide bonds. The summed E-state index contributed by atoms with van der Waals surface area (Å²) in [6.45, 7) is 0.909. The maximum atomic E-state index is 11.3. The molecule has 2 aromatic heterocycles. The predicted molar refractivity (Wildman–Crippen MR) is 140 cm³/mol. The summed E-state index contributed by atoms with van der Waals surface area (Å²) in [6.07, 6.45) is 14.4. The number of pyridine rings is 1. The molecular formula is C28H30ClN3O3. The number of allylic oxidation sites excluding steroid dienone is 3. The number of nitrogens with zero attached hydrogens (tertiary/aromatic N) is 3. The molecule has 182 valence electrons. The van der Waals surface area contributed by atoms with E-state index >= 15 is 0 Å². The Morgan fingerprint density at radius 3 is 2.51 bits per heavy atom. The minimum Gasteiger partial charge on any atom is -0.478 e. The summed E-state index contributed by atoms with van der Waals surface area (Å²) >= 11 is 6.06. The van der Waals surface area contributed by atoms with Crippen molar-refractivity contribution in [2.75, 3.05) is 14.1 Å². The minimum atomic E-state index is -0.943. The van der Waals surface area contributed by atoms with Gasteiger partial charge in [-0.3, -0.25) is 9.78 Å².